The molecule has 0 spiro atoms. The lowest BCUT2D eigenvalue weighted by atomic mass is 9.95. The lowest BCUT2D eigenvalue weighted by molar-refractivity contribution is -0.153. The second-order valence-corrected chi connectivity index (χ2v) is 3.00. The molecule has 1 saturated heterocycles. The molecule has 0 aromatic carbocycles. The van der Waals surface area contributed by atoms with E-state index in [2.05, 4.69) is 0 Å². The molecule has 10 heavy (non-hydrogen) atoms. The molecule has 2 N–H and O–H groups in total. The molecule has 0 radical (unpaired) electrons. The quantitative estimate of drug-likeness (QED) is 0.496. The molecule has 1 heterocycles. The van der Waals surface area contributed by atoms with Gasteiger partial charge in [0.15, 0.2) is 0 Å². The number of aliphatic hydroxyl groups excluding tert-OH is 2. The predicted molar refractivity (Wildman–Crippen MR) is 36.6 cm³/mol. The van der Waals surface area contributed by atoms with Gasteiger partial charge in [0.25, 0.3) is 0 Å². The van der Waals surface area contributed by atoms with Crippen LogP contribution in [-0.2, 0) is 4.74 Å². The van der Waals surface area contributed by atoms with E-state index in [9.17, 15) is 10.2 Å². The van der Waals surface area contributed by atoms with Gasteiger partial charge in [0.1, 0.15) is 6.10 Å². The summed E-state index contributed by atoms with van der Waals surface area (Å²) in [6, 6.07) is 0. The van der Waals surface area contributed by atoms with Crippen molar-refractivity contribution in [3.05, 3.63) is 0 Å². The first-order valence-corrected chi connectivity index (χ1v) is 3.60. The first kappa shape index (κ1) is 7.98. The molecule has 1 rings (SSSR count). The largest absolute Gasteiger partial charge is 0.390 e. The molecule has 0 bridgehead atoms. The van der Waals surface area contributed by atoms with Gasteiger partial charge >= 0.3 is 0 Å². The molecule has 1 aliphatic rings. The average molecular weight is 146 g/mol. The Morgan fingerprint density at radius 2 is 1.80 bits per heavy atom. The summed E-state index contributed by atoms with van der Waals surface area (Å²) in [5, 5.41) is 18.5. The summed E-state index contributed by atoms with van der Waals surface area (Å²) < 4.78 is 5.16. The van der Waals surface area contributed by atoms with Gasteiger partial charge in [-0.1, -0.05) is 6.92 Å². The maximum Gasteiger partial charge on any atom is 0.106 e. The molecular weight excluding hydrogens is 132 g/mol. The van der Waals surface area contributed by atoms with Gasteiger partial charge in [-0.05, 0) is 6.92 Å². The SMILES string of the molecule is C[C@@H]1CO[C@H](C)C(O)[C@@H]1O. The molecule has 1 fully saturated rings. The van der Waals surface area contributed by atoms with E-state index in [1.165, 1.54) is 0 Å². The van der Waals surface area contributed by atoms with Crippen LogP contribution in [0.2, 0.25) is 0 Å². The van der Waals surface area contributed by atoms with E-state index in [4.69, 9.17) is 4.74 Å². The van der Waals surface area contributed by atoms with Gasteiger partial charge in [-0.2, -0.15) is 0 Å². The Balaban J connectivity index is 2.52. The first-order valence-electron chi connectivity index (χ1n) is 3.60. The smallest absolute Gasteiger partial charge is 0.106 e. The Kier molecular flexibility index (Phi) is 2.28. The van der Waals surface area contributed by atoms with Crippen LogP contribution in [-0.4, -0.2) is 35.1 Å². The third-order valence-electron chi connectivity index (χ3n) is 2.04. The number of aliphatic hydroxyl groups is 2. The second-order valence-electron chi connectivity index (χ2n) is 3.00. The summed E-state index contributed by atoms with van der Waals surface area (Å²) in [6.45, 7) is 4.17. The Labute approximate surface area is 60.6 Å². The van der Waals surface area contributed by atoms with Crippen molar-refractivity contribution in [2.24, 2.45) is 5.92 Å². The topological polar surface area (TPSA) is 49.7 Å². The van der Waals surface area contributed by atoms with Crippen molar-refractivity contribution in [3.8, 4) is 0 Å². The maximum atomic E-state index is 9.29. The lowest BCUT2D eigenvalue weighted by Crippen LogP contribution is -2.47. The Morgan fingerprint density at radius 1 is 1.20 bits per heavy atom. The van der Waals surface area contributed by atoms with Crippen LogP contribution in [0.5, 0.6) is 0 Å². The minimum atomic E-state index is -0.719. The van der Waals surface area contributed by atoms with E-state index < -0.39 is 12.2 Å². The molecule has 60 valence electrons. The highest BCUT2D eigenvalue weighted by Gasteiger charge is 2.33. The van der Waals surface area contributed by atoms with Gasteiger partial charge in [-0.15, -0.1) is 0 Å². The van der Waals surface area contributed by atoms with Gasteiger partial charge in [0, 0.05) is 5.92 Å². The molecule has 3 heteroatoms. The van der Waals surface area contributed by atoms with Gasteiger partial charge in [-0.25, -0.2) is 0 Å². The second kappa shape index (κ2) is 2.86. The van der Waals surface area contributed by atoms with Crippen LogP contribution in [0, 0.1) is 5.92 Å². The Morgan fingerprint density at radius 3 is 2.30 bits per heavy atom. The van der Waals surface area contributed by atoms with Crippen LogP contribution in [0.3, 0.4) is 0 Å². The highest BCUT2D eigenvalue weighted by Crippen LogP contribution is 2.18. The van der Waals surface area contributed by atoms with E-state index in [-0.39, 0.29) is 12.0 Å². The number of rotatable bonds is 0. The molecule has 3 nitrogen and oxygen atoms in total. The van der Waals surface area contributed by atoms with Crippen molar-refractivity contribution in [1.29, 1.82) is 0 Å². The summed E-state index contributed by atoms with van der Waals surface area (Å²) in [5.74, 6) is 0.0474. The molecule has 0 saturated carbocycles. The highest BCUT2D eigenvalue weighted by atomic mass is 16.5. The van der Waals surface area contributed by atoms with E-state index in [0.717, 1.165) is 0 Å². The van der Waals surface area contributed by atoms with E-state index in [1.54, 1.807) is 6.92 Å². The number of hydrogen-bond donors (Lipinski definition) is 2. The van der Waals surface area contributed by atoms with Gasteiger partial charge < -0.3 is 14.9 Å². The van der Waals surface area contributed by atoms with Crippen LogP contribution >= 0.6 is 0 Å². The van der Waals surface area contributed by atoms with Crippen molar-refractivity contribution in [2.45, 2.75) is 32.2 Å². The summed E-state index contributed by atoms with van der Waals surface area (Å²) in [5.41, 5.74) is 0. The summed E-state index contributed by atoms with van der Waals surface area (Å²) in [7, 11) is 0. The molecular formula is C7H14O3. The molecule has 1 aliphatic heterocycles. The zero-order valence-electron chi connectivity index (χ0n) is 6.32. The van der Waals surface area contributed by atoms with Crippen molar-refractivity contribution in [2.75, 3.05) is 6.61 Å². The summed E-state index contributed by atoms with van der Waals surface area (Å²) in [4.78, 5) is 0. The fraction of sp³-hybridized carbons (Fsp3) is 1.00. The highest BCUT2D eigenvalue weighted by molar-refractivity contribution is 4.81. The number of hydrogen-bond acceptors (Lipinski definition) is 3. The fourth-order valence-electron chi connectivity index (χ4n) is 1.12. The van der Waals surface area contributed by atoms with Gasteiger partial charge in [-0.3, -0.25) is 0 Å². The van der Waals surface area contributed by atoms with E-state index >= 15 is 0 Å². The summed E-state index contributed by atoms with van der Waals surface area (Å²) >= 11 is 0. The minimum absolute atomic E-state index is 0.0474. The van der Waals surface area contributed by atoms with Crippen molar-refractivity contribution < 1.29 is 14.9 Å². The normalized spacial score (nSPS) is 49.2. The van der Waals surface area contributed by atoms with Crippen LogP contribution < -0.4 is 0 Å². The first-order chi connectivity index (χ1) is 4.63. The van der Waals surface area contributed by atoms with Gasteiger partial charge in [0.2, 0.25) is 0 Å². The predicted octanol–water partition coefficient (Wildman–Crippen LogP) is -0.237. The zero-order valence-corrected chi connectivity index (χ0v) is 6.32. The molecule has 0 amide bonds. The van der Waals surface area contributed by atoms with E-state index in [0.29, 0.717) is 6.61 Å². The van der Waals surface area contributed by atoms with Crippen molar-refractivity contribution >= 4 is 0 Å². The average Bonchev–Trinajstić information content (AvgIpc) is 1.93. The van der Waals surface area contributed by atoms with Gasteiger partial charge in [0.05, 0.1) is 18.8 Å². The standard InChI is InChI=1S/C7H14O3/c1-4-3-10-5(2)7(9)6(4)8/h4-9H,3H2,1-2H3/t4-,5-,6-,7?/m1/s1. The van der Waals surface area contributed by atoms with Crippen LogP contribution in [0.25, 0.3) is 0 Å². The molecule has 0 aliphatic carbocycles. The minimum Gasteiger partial charge on any atom is -0.390 e. The molecule has 4 atom stereocenters. The van der Waals surface area contributed by atoms with Crippen LogP contribution in [0.1, 0.15) is 13.8 Å². The Bertz CT molecular complexity index is 101. The summed E-state index contributed by atoms with van der Waals surface area (Å²) in [6.07, 6.45) is -1.57. The lowest BCUT2D eigenvalue weighted by Gasteiger charge is -2.34. The zero-order chi connectivity index (χ0) is 7.72. The van der Waals surface area contributed by atoms with Crippen molar-refractivity contribution in [3.63, 3.8) is 0 Å². The number of ether oxygens (including phenoxy) is 1. The third kappa shape index (κ3) is 1.31. The monoisotopic (exact) mass is 146 g/mol. The Hall–Kier alpha value is -0.120. The maximum absolute atomic E-state index is 9.29. The molecule has 0 aromatic heterocycles. The van der Waals surface area contributed by atoms with Crippen molar-refractivity contribution in [1.82, 2.24) is 0 Å². The van der Waals surface area contributed by atoms with Crippen LogP contribution in [0.4, 0.5) is 0 Å². The van der Waals surface area contributed by atoms with Crippen LogP contribution in [0.15, 0.2) is 0 Å². The van der Waals surface area contributed by atoms with E-state index in [1.807, 2.05) is 6.92 Å². The molecule has 1 unspecified atom stereocenters. The third-order valence-corrected chi connectivity index (χ3v) is 2.04. The molecule has 0 aromatic rings. The fourth-order valence-corrected chi connectivity index (χ4v) is 1.12.